The van der Waals surface area contributed by atoms with E-state index in [2.05, 4.69) is 20.8 Å². The number of carboxylic acid groups (broad SMARTS) is 1. The van der Waals surface area contributed by atoms with E-state index >= 15 is 0 Å². The molecule has 1 amide bonds. The third kappa shape index (κ3) is 4.20. The maximum Gasteiger partial charge on any atom is 0.323 e. The standard InChI is InChI=1S/C27H45NO6/c1-15(5-8-23(32)28(4)14-24(33)34)18-6-7-19-25-20(13-22(31)27(18,19)3)26(2)10-9-17(29)11-16(26)12-21(25)30/h15-22,25,29-31H,5-14H2,1-4H3,(H,33,34)/t15-,16?,17?,18-,19?,20?,21?,22?,25?,26+,27-/m1/s1. The van der Waals surface area contributed by atoms with Gasteiger partial charge in [-0.15, -0.1) is 0 Å². The van der Waals surface area contributed by atoms with E-state index in [-0.39, 0.29) is 65.1 Å². The number of carboxylic acids is 1. The highest BCUT2D eigenvalue weighted by molar-refractivity contribution is 5.80. The summed E-state index contributed by atoms with van der Waals surface area (Å²) in [6.07, 6.45) is 5.90. The lowest BCUT2D eigenvalue weighted by Crippen LogP contribution is -2.62. The van der Waals surface area contributed by atoms with Crippen LogP contribution in [0.1, 0.15) is 78.6 Å². The Kier molecular flexibility index (Phi) is 7.13. The highest BCUT2D eigenvalue weighted by atomic mass is 16.4. The summed E-state index contributed by atoms with van der Waals surface area (Å²) in [6, 6.07) is 0. The molecule has 0 bridgehead atoms. The van der Waals surface area contributed by atoms with Crippen LogP contribution in [-0.4, -0.2) is 69.1 Å². The van der Waals surface area contributed by atoms with Crippen molar-refractivity contribution in [3.8, 4) is 0 Å². The second kappa shape index (κ2) is 9.36. The van der Waals surface area contributed by atoms with Gasteiger partial charge in [0, 0.05) is 13.5 Å². The molecule has 4 N–H and O–H groups in total. The van der Waals surface area contributed by atoms with Crippen molar-refractivity contribution in [1.82, 2.24) is 4.90 Å². The maximum atomic E-state index is 12.4. The van der Waals surface area contributed by atoms with Gasteiger partial charge in [0.15, 0.2) is 0 Å². The number of aliphatic hydroxyl groups is 3. The number of fused-ring (bicyclic) bond motifs is 5. The largest absolute Gasteiger partial charge is 0.480 e. The zero-order valence-electron chi connectivity index (χ0n) is 21.3. The van der Waals surface area contributed by atoms with E-state index in [0.717, 1.165) is 38.5 Å². The van der Waals surface area contributed by atoms with E-state index in [1.54, 1.807) is 0 Å². The molecular weight excluding hydrogens is 434 g/mol. The molecule has 0 radical (unpaired) electrons. The second-order valence-electron chi connectivity index (χ2n) is 12.7. The third-order valence-corrected chi connectivity index (χ3v) is 11.1. The Balaban J connectivity index is 1.49. The zero-order valence-corrected chi connectivity index (χ0v) is 21.3. The van der Waals surface area contributed by atoms with Gasteiger partial charge in [-0.3, -0.25) is 9.59 Å². The molecule has 0 saturated heterocycles. The number of carbonyl (C=O) groups is 2. The number of amides is 1. The fraction of sp³-hybridized carbons (Fsp3) is 0.926. The molecule has 4 fully saturated rings. The van der Waals surface area contributed by atoms with Crippen LogP contribution < -0.4 is 0 Å². The molecule has 0 heterocycles. The molecule has 34 heavy (non-hydrogen) atoms. The van der Waals surface area contributed by atoms with Crippen LogP contribution in [0.15, 0.2) is 0 Å². The van der Waals surface area contributed by atoms with Gasteiger partial charge in [-0.1, -0.05) is 20.8 Å². The summed E-state index contributed by atoms with van der Waals surface area (Å²) in [5.41, 5.74) is -0.217. The fourth-order valence-electron chi connectivity index (χ4n) is 9.17. The smallest absolute Gasteiger partial charge is 0.323 e. The fourth-order valence-corrected chi connectivity index (χ4v) is 9.17. The molecule has 0 aromatic heterocycles. The van der Waals surface area contributed by atoms with Crippen LogP contribution in [0, 0.1) is 46.3 Å². The van der Waals surface area contributed by atoms with Crippen molar-refractivity contribution < 1.29 is 30.0 Å². The van der Waals surface area contributed by atoms with Crippen molar-refractivity contribution in [2.24, 2.45) is 46.3 Å². The highest BCUT2D eigenvalue weighted by Crippen LogP contribution is 2.68. The Hall–Kier alpha value is -1.18. The lowest BCUT2D eigenvalue weighted by molar-refractivity contribution is -0.207. The Bertz CT molecular complexity index is 789. The quantitative estimate of drug-likeness (QED) is 0.465. The van der Waals surface area contributed by atoms with Crippen LogP contribution >= 0.6 is 0 Å². The number of rotatable bonds is 6. The monoisotopic (exact) mass is 479 g/mol. The molecule has 4 aliphatic carbocycles. The van der Waals surface area contributed by atoms with Gasteiger partial charge in [-0.05, 0) is 97.7 Å². The lowest BCUT2D eigenvalue weighted by atomic mass is 9.43. The number of nitrogens with zero attached hydrogens (tertiary/aromatic N) is 1. The van der Waals surface area contributed by atoms with Gasteiger partial charge in [-0.25, -0.2) is 0 Å². The van der Waals surface area contributed by atoms with Crippen LogP contribution in [0.4, 0.5) is 0 Å². The third-order valence-electron chi connectivity index (χ3n) is 11.1. The Morgan fingerprint density at radius 2 is 1.74 bits per heavy atom. The van der Waals surface area contributed by atoms with E-state index in [1.807, 2.05) is 0 Å². The molecule has 7 unspecified atom stereocenters. The van der Waals surface area contributed by atoms with Crippen molar-refractivity contribution in [2.45, 2.75) is 96.9 Å². The van der Waals surface area contributed by atoms with E-state index in [9.17, 15) is 24.9 Å². The number of carbonyl (C=O) groups excluding carboxylic acids is 1. The van der Waals surface area contributed by atoms with Crippen molar-refractivity contribution in [2.75, 3.05) is 13.6 Å². The van der Waals surface area contributed by atoms with Crippen LogP contribution in [0.5, 0.6) is 0 Å². The first-order valence-electron chi connectivity index (χ1n) is 13.4. The van der Waals surface area contributed by atoms with Crippen LogP contribution in [0.25, 0.3) is 0 Å². The first-order valence-corrected chi connectivity index (χ1v) is 13.4. The van der Waals surface area contributed by atoms with Gasteiger partial charge >= 0.3 is 5.97 Å². The second-order valence-corrected chi connectivity index (χ2v) is 12.7. The molecule has 0 spiro atoms. The number of aliphatic carboxylic acids is 1. The molecular formula is C27H45NO6. The first-order chi connectivity index (χ1) is 15.9. The number of aliphatic hydroxyl groups excluding tert-OH is 3. The van der Waals surface area contributed by atoms with Crippen LogP contribution in [-0.2, 0) is 9.59 Å². The Morgan fingerprint density at radius 3 is 2.41 bits per heavy atom. The molecule has 7 heteroatoms. The lowest BCUT2D eigenvalue weighted by Gasteiger charge is -2.63. The van der Waals surface area contributed by atoms with E-state index in [4.69, 9.17) is 5.11 Å². The van der Waals surface area contributed by atoms with Crippen LogP contribution in [0.3, 0.4) is 0 Å². The summed E-state index contributed by atoms with van der Waals surface area (Å²) in [6.45, 7) is 6.44. The molecule has 0 aromatic carbocycles. The molecule has 7 nitrogen and oxygen atoms in total. The summed E-state index contributed by atoms with van der Waals surface area (Å²) in [5, 5.41) is 42.2. The summed E-state index contributed by atoms with van der Waals surface area (Å²) >= 11 is 0. The average Bonchev–Trinajstić information content (AvgIpc) is 3.12. The van der Waals surface area contributed by atoms with Crippen molar-refractivity contribution in [3.63, 3.8) is 0 Å². The number of hydrogen-bond donors (Lipinski definition) is 4. The minimum Gasteiger partial charge on any atom is -0.480 e. The number of likely N-dealkylation sites (N-methyl/N-ethyl adjacent to an activating group) is 1. The molecule has 194 valence electrons. The van der Waals surface area contributed by atoms with Crippen molar-refractivity contribution in [3.05, 3.63) is 0 Å². The topological polar surface area (TPSA) is 118 Å². The minimum absolute atomic E-state index is 0.0658. The molecule has 0 aliphatic heterocycles. The molecule has 4 aliphatic rings. The Morgan fingerprint density at radius 1 is 1.03 bits per heavy atom. The molecule has 0 aromatic rings. The van der Waals surface area contributed by atoms with Gasteiger partial charge in [0.25, 0.3) is 0 Å². The average molecular weight is 480 g/mol. The predicted molar refractivity (Wildman–Crippen MR) is 128 cm³/mol. The molecule has 4 saturated carbocycles. The van der Waals surface area contributed by atoms with Gasteiger partial charge in [0.1, 0.15) is 6.54 Å². The maximum absolute atomic E-state index is 12.4. The van der Waals surface area contributed by atoms with E-state index < -0.39 is 12.1 Å². The predicted octanol–water partition coefficient (Wildman–Crippen LogP) is 2.91. The first kappa shape index (κ1) is 25.9. The summed E-state index contributed by atoms with van der Waals surface area (Å²) in [7, 11) is 1.53. The molecule has 4 rings (SSSR count). The minimum atomic E-state index is -1.01. The van der Waals surface area contributed by atoms with Gasteiger partial charge < -0.3 is 25.3 Å². The normalized spacial score (nSPS) is 46.7. The summed E-state index contributed by atoms with van der Waals surface area (Å²) < 4.78 is 0. The van der Waals surface area contributed by atoms with Gasteiger partial charge in [0.2, 0.25) is 5.91 Å². The van der Waals surface area contributed by atoms with E-state index in [0.29, 0.717) is 25.2 Å². The van der Waals surface area contributed by atoms with E-state index in [1.165, 1.54) is 11.9 Å². The van der Waals surface area contributed by atoms with Gasteiger partial charge in [0.05, 0.1) is 18.3 Å². The number of hydrogen-bond acceptors (Lipinski definition) is 5. The zero-order chi connectivity index (χ0) is 25.0. The molecule has 11 atom stereocenters. The summed E-state index contributed by atoms with van der Waals surface area (Å²) in [4.78, 5) is 24.6. The van der Waals surface area contributed by atoms with Crippen LogP contribution in [0.2, 0.25) is 0 Å². The Labute approximate surface area is 203 Å². The van der Waals surface area contributed by atoms with Crippen molar-refractivity contribution in [1.29, 1.82) is 0 Å². The SMILES string of the molecule is C[C@H](CCC(=O)N(C)CC(=O)O)[C@H]1CCC2C3C(O)CC4CC(O)CC[C@]4(C)C3CC(O)[C@@]21C. The highest BCUT2D eigenvalue weighted by Gasteiger charge is 2.65. The van der Waals surface area contributed by atoms with Gasteiger partial charge in [-0.2, -0.15) is 0 Å². The van der Waals surface area contributed by atoms with Crippen molar-refractivity contribution >= 4 is 11.9 Å². The summed E-state index contributed by atoms with van der Waals surface area (Å²) in [5.74, 6) is 0.387.